The second kappa shape index (κ2) is 5.30. The molecule has 0 amide bonds. The van der Waals surface area contributed by atoms with Gasteiger partial charge in [-0.25, -0.2) is 14.4 Å². The number of aromatic nitrogens is 2. The van der Waals surface area contributed by atoms with E-state index < -0.39 is 0 Å². The van der Waals surface area contributed by atoms with Gasteiger partial charge in [-0.15, -0.1) is 0 Å². The summed E-state index contributed by atoms with van der Waals surface area (Å²) in [7, 11) is 0. The van der Waals surface area contributed by atoms with Crippen molar-refractivity contribution in [3.05, 3.63) is 40.4 Å². The van der Waals surface area contributed by atoms with Crippen molar-refractivity contribution in [3.8, 4) is 0 Å². The monoisotopic (exact) mass is 310 g/mol. The summed E-state index contributed by atoms with van der Waals surface area (Å²) in [6, 6.07) is 4.66. The van der Waals surface area contributed by atoms with E-state index in [-0.39, 0.29) is 5.82 Å². The number of nitrogen functional groups attached to an aromatic ring is 1. The molecule has 6 heteroatoms. The topological polar surface area (TPSA) is 63.8 Å². The van der Waals surface area contributed by atoms with Gasteiger partial charge >= 0.3 is 0 Å². The third-order valence-electron chi connectivity index (χ3n) is 2.51. The Hall–Kier alpha value is -1.69. The number of anilines is 3. The van der Waals surface area contributed by atoms with Crippen molar-refractivity contribution in [2.75, 3.05) is 11.1 Å². The highest BCUT2D eigenvalue weighted by Crippen LogP contribution is 2.26. The molecule has 0 unspecified atom stereocenters. The molecule has 0 saturated carbocycles. The third-order valence-corrected chi connectivity index (χ3v) is 3.01. The molecule has 2 aromatic rings. The summed E-state index contributed by atoms with van der Waals surface area (Å²) in [5.74, 6) is 0.588. The average Bonchev–Trinajstić information content (AvgIpc) is 2.34. The van der Waals surface area contributed by atoms with Crippen LogP contribution in [-0.2, 0) is 6.42 Å². The van der Waals surface area contributed by atoms with E-state index in [1.54, 1.807) is 12.1 Å². The van der Waals surface area contributed by atoms with Crippen molar-refractivity contribution in [2.24, 2.45) is 0 Å². The van der Waals surface area contributed by atoms with E-state index in [0.29, 0.717) is 23.7 Å². The molecular weight excluding hydrogens is 299 g/mol. The molecule has 4 nitrogen and oxygen atoms in total. The standard InChI is InChI=1S/C12H12BrFN4/c1-2-8-11(15)16-6-17-12(8)18-10-5-7(13)3-4-9(10)14/h3-6H,2H2,1H3,(H3,15,16,17,18). The molecule has 0 aliphatic rings. The molecule has 1 aromatic heterocycles. The average molecular weight is 311 g/mol. The lowest BCUT2D eigenvalue weighted by Gasteiger charge is -2.11. The Labute approximate surface area is 113 Å². The quantitative estimate of drug-likeness (QED) is 0.913. The molecule has 18 heavy (non-hydrogen) atoms. The number of halogens is 2. The number of nitrogens with one attached hydrogen (secondary N) is 1. The predicted octanol–water partition coefficient (Wildman–Crippen LogP) is 3.27. The van der Waals surface area contributed by atoms with Crippen LogP contribution < -0.4 is 11.1 Å². The number of nitrogens with two attached hydrogens (primary N) is 1. The van der Waals surface area contributed by atoms with Crippen molar-refractivity contribution in [2.45, 2.75) is 13.3 Å². The molecule has 3 N–H and O–H groups in total. The minimum atomic E-state index is -0.350. The maximum Gasteiger partial charge on any atom is 0.146 e. The fourth-order valence-corrected chi connectivity index (χ4v) is 1.96. The molecule has 94 valence electrons. The summed E-state index contributed by atoms with van der Waals surface area (Å²) in [6.07, 6.45) is 2.03. The minimum absolute atomic E-state index is 0.345. The van der Waals surface area contributed by atoms with Crippen LogP contribution in [0.5, 0.6) is 0 Å². The molecule has 0 bridgehead atoms. The second-order valence-electron chi connectivity index (χ2n) is 3.69. The van der Waals surface area contributed by atoms with E-state index in [0.717, 1.165) is 10.0 Å². The van der Waals surface area contributed by atoms with E-state index in [1.165, 1.54) is 12.4 Å². The number of hydrogen-bond donors (Lipinski definition) is 2. The van der Waals surface area contributed by atoms with Gasteiger partial charge in [0, 0.05) is 10.0 Å². The van der Waals surface area contributed by atoms with Gasteiger partial charge < -0.3 is 11.1 Å². The molecule has 0 aliphatic heterocycles. The summed E-state index contributed by atoms with van der Waals surface area (Å²) in [5.41, 5.74) is 6.88. The molecule has 1 aromatic carbocycles. The van der Waals surface area contributed by atoms with Crippen LogP contribution in [0.4, 0.5) is 21.7 Å². The third kappa shape index (κ3) is 2.59. The summed E-state index contributed by atoms with van der Waals surface area (Å²) in [6.45, 7) is 1.94. The Morgan fingerprint density at radius 2 is 2.17 bits per heavy atom. The van der Waals surface area contributed by atoms with Crippen LogP contribution >= 0.6 is 15.9 Å². The number of benzene rings is 1. The highest BCUT2D eigenvalue weighted by Gasteiger charge is 2.10. The van der Waals surface area contributed by atoms with Gasteiger partial charge in [0.1, 0.15) is 23.8 Å². The molecule has 0 saturated heterocycles. The van der Waals surface area contributed by atoms with Crippen LogP contribution in [-0.4, -0.2) is 9.97 Å². The van der Waals surface area contributed by atoms with Gasteiger partial charge in [-0.2, -0.15) is 0 Å². The Morgan fingerprint density at radius 3 is 2.89 bits per heavy atom. The lowest BCUT2D eigenvalue weighted by molar-refractivity contribution is 0.631. The van der Waals surface area contributed by atoms with E-state index >= 15 is 0 Å². The first-order valence-corrected chi connectivity index (χ1v) is 6.22. The normalized spacial score (nSPS) is 10.4. The first-order valence-electron chi connectivity index (χ1n) is 5.43. The number of hydrogen-bond acceptors (Lipinski definition) is 4. The van der Waals surface area contributed by atoms with Crippen LogP contribution in [0.2, 0.25) is 0 Å². The van der Waals surface area contributed by atoms with E-state index in [1.807, 2.05) is 6.92 Å². The van der Waals surface area contributed by atoms with Gasteiger partial charge in [0.2, 0.25) is 0 Å². The summed E-state index contributed by atoms with van der Waals surface area (Å²) in [5, 5.41) is 2.94. The van der Waals surface area contributed by atoms with Gasteiger partial charge in [0.25, 0.3) is 0 Å². The zero-order valence-electron chi connectivity index (χ0n) is 9.74. The van der Waals surface area contributed by atoms with Crippen molar-refractivity contribution >= 4 is 33.3 Å². The van der Waals surface area contributed by atoms with Gasteiger partial charge in [0.05, 0.1) is 5.69 Å². The number of nitrogens with zero attached hydrogens (tertiary/aromatic N) is 2. The Bertz CT molecular complexity index is 574. The first kappa shape index (κ1) is 12.8. The lowest BCUT2D eigenvalue weighted by Crippen LogP contribution is -2.05. The highest BCUT2D eigenvalue weighted by molar-refractivity contribution is 9.10. The van der Waals surface area contributed by atoms with Gasteiger partial charge in [-0.05, 0) is 24.6 Å². The Balaban J connectivity index is 2.40. The van der Waals surface area contributed by atoms with E-state index in [2.05, 4.69) is 31.2 Å². The predicted molar refractivity (Wildman–Crippen MR) is 73.2 cm³/mol. The van der Waals surface area contributed by atoms with Crippen LogP contribution in [0.25, 0.3) is 0 Å². The molecule has 0 atom stereocenters. The summed E-state index contributed by atoms with van der Waals surface area (Å²) in [4.78, 5) is 8.01. The van der Waals surface area contributed by atoms with Gasteiger partial charge in [-0.3, -0.25) is 0 Å². The lowest BCUT2D eigenvalue weighted by atomic mass is 10.2. The van der Waals surface area contributed by atoms with Gasteiger partial charge in [-0.1, -0.05) is 22.9 Å². The minimum Gasteiger partial charge on any atom is -0.383 e. The maximum absolute atomic E-state index is 13.6. The zero-order chi connectivity index (χ0) is 13.1. The van der Waals surface area contributed by atoms with Crippen molar-refractivity contribution in [3.63, 3.8) is 0 Å². The Morgan fingerprint density at radius 1 is 1.39 bits per heavy atom. The van der Waals surface area contributed by atoms with Crippen LogP contribution in [0.1, 0.15) is 12.5 Å². The van der Waals surface area contributed by atoms with Crippen LogP contribution in [0, 0.1) is 5.82 Å². The van der Waals surface area contributed by atoms with Crippen molar-refractivity contribution < 1.29 is 4.39 Å². The van der Waals surface area contributed by atoms with E-state index in [9.17, 15) is 4.39 Å². The van der Waals surface area contributed by atoms with Crippen molar-refractivity contribution in [1.29, 1.82) is 0 Å². The van der Waals surface area contributed by atoms with Gasteiger partial charge in [0.15, 0.2) is 0 Å². The molecular formula is C12H12BrFN4. The second-order valence-corrected chi connectivity index (χ2v) is 4.60. The van der Waals surface area contributed by atoms with E-state index in [4.69, 9.17) is 5.73 Å². The molecule has 0 radical (unpaired) electrons. The zero-order valence-corrected chi connectivity index (χ0v) is 11.3. The maximum atomic E-state index is 13.6. The molecule has 2 rings (SSSR count). The smallest absolute Gasteiger partial charge is 0.146 e. The number of rotatable bonds is 3. The Kier molecular flexibility index (Phi) is 3.76. The first-order chi connectivity index (χ1) is 8.61. The largest absolute Gasteiger partial charge is 0.383 e. The highest BCUT2D eigenvalue weighted by atomic mass is 79.9. The summed E-state index contributed by atoms with van der Waals surface area (Å²) < 4.78 is 14.4. The summed E-state index contributed by atoms with van der Waals surface area (Å²) >= 11 is 3.30. The van der Waals surface area contributed by atoms with Crippen LogP contribution in [0.3, 0.4) is 0 Å². The molecule has 0 fully saturated rings. The molecule has 0 aliphatic carbocycles. The fraction of sp³-hybridized carbons (Fsp3) is 0.167. The molecule has 1 heterocycles. The molecule has 0 spiro atoms. The fourth-order valence-electron chi connectivity index (χ4n) is 1.60. The SMILES string of the molecule is CCc1c(N)ncnc1Nc1cc(Br)ccc1F. The van der Waals surface area contributed by atoms with Crippen molar-refractivity contribution in [1.82, 2.24) is 9.97 Å². The van der Waals surface area contributed by atoms with Crippen LogP contribution in [0.15, 0.2) is 29.0 Å².